The van der Waals surface area contributed by atoms with Crippen LogP contribution in [0.4, 0.5) is 5.69 Å². The van der Waals surface area contributed by atoms with Crippen LogP contribution < -0.4 is 20.1 Å². The number of carbonyl (C=O) groups is 2. The first-order chi connectivity index (χ1) is 12.7. The lowest BCUT2D eigenvalue weighted by Crippen LogP contribution is -2.27. The van der Waals surface area contributed by atoms with E-state index >= 15 is 0 Å². The van der Waals surface area contributed by atoms with E-state index in [0.29, 0.717) is 54.7 Å². The molecule has 2 N–H and O–H groups in total. The molecule has 2 amide bonds. The maximum atomic E-state index is 12.5. The van der Waals surface area contributed by atoms with E-state index in [1.165, 1.54) is 0 Å². The van der Waals surface area contributed by atoms with Crippen molar-refractivity contribution >= 4 is 17.5 Å². The van der Waals surface area contributed by atoms with E-state index in [4.69, 9.17) is 14.2 Å². The first kappa shape index (κ1) is 17.8. The number of benzene rings is 2. The third-order valence-electron chi connectivity index (χ3n) is 3.78. The van der Waals surface area contributed by atoms with E-state index in [1.54, 1.807) is 49.6 Å². The van der Waals surface area contributed by atoms with Crippen molar-refractivity contribution in [3.05, 3.63) is 53.6 Å². The summed E-state index contributed by atoms with van der Waals surface area (Å²) in [4.78, 5) is 24.6. The third-order valence-corrected chi connectivity index (χ3v) is 3.78. The lowest BCUT2D eigenvalue weighted by molar-refractivity contribution is 0.0937. The van der Waals surface area contributed by atoms with E-state index in [1.807, 2.05) is 0 Å². The Morgan fingerprint density at radius 3 is 2.50 bits per heavy atom. The number of nitrogens with one attached hydrogen (secondary N) is 2. The summed E-state index contributed by atoms with van der Waals surface area (Å²) in [7, 11) is 1.56. The van der Waals surface area contributed by atoms with Crippen molar-refractivity contribution in [2.75, 3.05) is 38.8 Å². The average Bonchev–Trinajstić information content (AvgIpc) is 2.68. The molecule has 0 bridgehead atoms. The second-order valence-corrected chi connectivity index (χ2v) is 5.64. The molecule has 0 saturated carbocycles. The minimum absolute atomic E-state index is 0.254. The molecule has 26 heavy (non-hydrogen) atoms. The number of hydrogen-bond donors (Lipinski definition) is 2. The summed E-state index contributed by atoms with van der Waals surface area (Å²) in [5, 5.41) is 5.52. The van der Waals surface area contributed by atoms with Gasteiger partial charge in [-0.1, -0.05) is 6.07 Å². The fourth-order valence-corrected chi connectivity index (χ4v) is 2.49. The summed E-state index contributed by atoms with van der Waals surface area (Å²) >= 11 is 0. The Hall–Kier alpha value is -3.06. The van der Waals surface area contributed by atoms with Crippen molar-refractivity contribution in [1.29, 1.82) is 0 Å². The van der Waals surface area contributed by atoms with Crippen LogP contribution in [-0.2, 0) is 4.74 Å². The van der Waals surface area contributed by atoms with E-state index in [-0.39, 0.29) is 11.8 Å². The maximum Gasteiger partial charge on any atom is 0.255 e. The van der Waals surface area contributed by atoms with Gasteiger partial charge in [0.05, 0.1) is 6.61 Å². The van der Waals surface area contributed by atoms with Gasteiger partial charge in [-0.15, -0.1) is 0 Å². The molecule has 0 aromatic heterocycles. The molecular formula is C19H20N2O5. The van der Waals surface area contributed by atoms with E-state index in [2.05, 4.69) is 10.6 Å². The Kier molecular flexibility index (Phi) is 5.70. The summed E-state index contributed by atoms with van der Waals surface area (Å²) in [6.07, 6.45) is 0. The van der Waals surface area contributed by atoms with Crippen molar-refractivity contribution in [3.63, 3.8) is 0 Å². The van der Waals surface area contributed by atoms with Crippen LogP contribution in [0.25, 0.3) is 0 Å². The minimum atomic E-state index is -0.312. The van der Waals surface area contributed by atoms with Gasteiger partial charge in [-0.05, 0) is 30.3 Å². The lowest BCUT2D eigenvalue weighted by atomic mass is 10.1. The molecule has 1 heterocycles. The third kappa shape index (κ3) is 4.31. The largest absolute Gasteiger partial charge is 0.486 e. The molecule has 0 radical (unpaired) electrons. The molecule has 1 aliphatic heterocycles. The summed E-state index contributed by atoms with van der Waals surface area (Å²) < 4.78 is 15.9. The van der Waals surface area contributed by atoms with Gasteiger partial charge in [-0.25, -0.2) is 0 Å². The van der Waals surface area contributed by atoms with Crippen molar-refractivity contribution in [1.82, 2.24) is 5.32 Å². The highest BCUT2D eigenvalue weighted by Gasteiger charge is 2.14. The zero-order valence-corrected chi connectivity index (χ0v) is 14.4. The smallest absolute Gasteiger partial charge is 0.255 e. The van der Waals surface area contributed by atoms with Crippen molar-refractivity contribution in [3.8, 4) is 11.5 Å². The van der Waals surface area contributed by atoms with Crippen LogP contribution in [-0.4, -0.2) is 45.3 Å². The van der Waals surface area contributed by atoms with E-state index in [9.17, 15) is 9.59 Å². The molecule has 0 atom stereocenters. The van der Waals surface area contributed by atoms with Crippen molar-refractivity contribution in [2.24, 2.45) is 0 Å². The fourth-order valence-electron chi connectivity index (χ4n) is 2.49. The number of carbonyl (C=O) groups excluding carboxylic acids is 2. The predicted molar refractivity (Wildman–Crippen MR) is 96.0 cm³/mol. The minimum Gasteiger partial charge on any atom is -0.486 e. The Morgan fingerprint density at radius 1 is 1.00 bits per heavy atom. The lowest BCUT2D eigenvalue weighted by Gasteiger charge is -2.19. The maximum absolute atomic E-state index is 12.5. The molecule has 2 aromatic rings. The zero-order chi connectivity index (χ0) is 18.4. The fraction of sp³-hybridized carbons (Fsp3) is 0.263. The van der Waals surface area contributed by atoms with Crippen LogP contribution in [0.15, 0.2) is 42.5 Å². The number of amides is 2. The highest BCUT2D eigenvalue weighted by molar-refractivity contribution is 6.06. The second-order valence-electron chi connectivity index (χ2n) is 5.64. The second kappa shape index (κ2) is 8.35. The molecule has 0 unspecified atom stereocenters. The van der Waals surface area contributed by atoms with Crippen LogP contribution >= 0.6 is 0 Å². The van der Waals surface area contributed by atoms with Gasteiger partial charge in [0.15, 0.2) is 11.5 Å². The quantitative estimate of drug-likeness (QED) is 0.774. The van der Waals surface area contributed by atoms with Gasteiger partial charge >= 0.3 is 0 Å². The Balaban J connectivity index is 1.68. The predicted octanol–water partition coefficient (Wildman–Crippen LogP) is 2.09. The Labute approximate surface area is 151 Å². The molecule has 7 nitrogen and oxygen atoms in total. The molecule has 136 valence electrons. The van der Waals surface area contributed by atoms with E-state index in [0.717, 1.165) is 0 Å². The molecule has 0 fully saturated rings. The molecule has 7 heteroatoms. The first-order valence-corrected chi connectivity index (χ1v) is 8.25. The monoisotopic (exact) mass is 356 g/mol. The molecule has 1 aliphatic rings. The molecule has 3 rings (SSSR count). The SMILES string of the molecule is COCCNC(=O)c1cccc(C(=O)Nc2ccc3c(c2)OCCO3)c1. The van der Waals surface area contributed by atoms with Crippen molar-refractivity contribution < 1.29 is 23.8 Å². The molecule has 0 spiro atoms. The highest BCUT2D eigenvalue weighted by Crippen LogP contribution is 2.32. The van der Waals surface area contributed by atoms with Gasteiger partial charge in [-0.2, -0.15) is 0 Å². The van der Waals surface area contributed by atoms with Gasteiger partial charge in [0.2, 0.25) is 0 Å². The topological polar surface area (TPSA) is 85.9 Å². The molecular weight excluding hydrogens is 336 g/mol. The number of fused-ring (bicyclic) bond motifs is 1. The van der Waals surface area contributed by atoms with Crippen molar-refractivity contribution in [2.45, 2.75) is 0 Å². The molecule has 2 aromatic carbocycles. The van der Waals surface area contributed by atoms with Crippen LogP contribution in [0.2, 0.25) is 0 Å². The number of hydrogen-bond acceptors (Lipinski definition) is 5. The number of anilines is 1. The zero-order valence-electron chi connectivity index (χ0n) is 14.4. The van der Waals surface area contributed by atoms with Crippen LogP contribution in [0.1, 0.15) is 20.7 Å². The van der Waals surface area contributed by atoms with E-state index < -0.39 is 0 Å². The number of rotatable bonds is 6. The summed E-state index contributed by atoms with van der Waals surface area (Å²) in [5.41, 5.74) is 1.39. The van der Waals surface area contributed by atoms with Gasteiger partial charge in [0.1, 0.15) is 13.2 Å². The Bertz CT molecular complexity index is 806. The molecule has 0 saturated heterocycles. The summed E-state index contributed by atoms with van der Waals surface area (Å²) in [6, 6.07) is 11.7. The van der Waals surface area contributed by atoms with Gasteiger partial charge in [0.25, 0.3) is 11.8 Å². The number of methoxy groups -OCH3 is 1. The van der Waals surface area contributed by atoms with Crippen LogP contribution in [0.5, 0.6) is 11.5 Å². The van der Waals surface area contributed by atoms with Crippen LogP contribution in [0, 0.1) is 0 Å². The normalized spacial score (nSPS) is 12.3. The summed E-state index contributed by atoms with van der Waals surface area (Å²) in [6.45, 7) is 1.82. The average molecular weight is 356 g/mol. The first-order valence-electron chi connectivity index (χ1n) is 8.25. The highest BCUT2D eigenvalue weighted by atomic mass is 16.6. The number of ether oxygens (including phenoxy) is 3. The molecule has 0 aliphatic carbocycles. The Morgan fingerprint density at radius 2 is 1.73 bits per heavy atom. The van der Waals surface area contributed by atoms with Gasteiger partial charge in [-0.3, -0.25) is 9.59 Å². The van der Waals surface area contributed by atoms with Crippen LogP contribution in [0.3, 0.4) is 0 Å². The standard InChI is InChI=1S/C19H20N2O5/c1-24-8-7-20-18(22)13-3-2-4-14(11-13)19(23)21-15-5-6-16-17(12-15)26-10-9-25-16/h2-6,11-12H,7-10H2,1H3,(H,20,22)(H,21,23). The summed E-state index contributed by atoms with van der Waals surface area (Å²) in [5.74, 6) is 0.688. The van der Waals surface area contributed by atoms with Gasteiger partial charge < -0.3 is 24.8 Å². The van der Waals surface area contributed by atoms with Gasteiger partial charge in [0, 0.05) is 36.5 Å².